The van der Waals surface area contributed by atoms with Crippen molar-refractivity contribution in [1.29, 1.82) is 0 Å². The number of thiazole rings is 1. The number of hydrogen-bond donors (Lipinski definition) is 1. The third-order valence-corrected chi connectivity index (χ3v) is 5.02. The summed E-state index contributed by atoms with van der Waals surface area (Å²) >= 11 is 1.64. The molecule has 0 unspecified atom stereocenters. The van der Waals surface area contributed by atoms with Crippen molar-refractivity contribution < 1.29 is 4.79 Å². The molecule has 1 aliphatic heterocycles. The summed E-state index contributed by atoms with van der Waals surface area (Å²) in [7, 11) is 3.77. The van der Waals surface area contributed by atoms with E-state index in [2.05, 4.69) is 15.4 Å². The van der Waals surface area contributed by atoms with E-state index >= 15 is 0 Å². The highest BCUT2D eigenvalue weighted by Gasteiger charge is 2.36. The van der Waals surface area contributed by atoms with E-state index in [9.17, 15) is 4.79 Å². The first-order chi connectivity index (χ1) is 10.5. The van der Waals surface area contributed by atoms with Crippen molar-refractivity contribution in [3.05, 3.63) is 34.0 Å². The Hall–Kier alpha value is -1.73. The van der Waals surface area contributed by atoms with E-state index in [4.69, 9.17) is 0 Å². The molecule has 118 valence electrons. The normalized spacial score (nSPS) is 21.2. The van der Waals surface area contributed by atoms with Gasteiger partial charge in [-0.1, -0.05) is 0 Å². The zero-order valence-electron chi connectivity index (χ0n) is 13.1. The first kappa shape index (κ1) is 15.2. The minimum atomic E-state index is -0.0248. The van der Waals surface area contributed by atoms with Crippen LogP contribution in [0.25, 0.3) is 0 Å². The first-order valence-corrected chi connectivity index (χ1v) is 8.22. The summed E-state index contributed by atoms with van der Waals surface area (Å²) in [5.41, 5.74) is 1.13. The highest BCUT2D eigenvalue weighted by atomic mass is 32.1. The molecule has 3 heterocycles. The van der Waals surface area contributed by atoms with Crippen LogP contribution in [0.5, 0.6) is 0 Å². The molecule has 1 fully saturated rings. The first-order valence-electron chi connectivity index (χ1n) is 7.40. The molecule has 0 aromatic carbocycles. The number of nitrogens with one attached hydrogen (secondary N) is 1. The molecule has 0 aliphatic carbocycles. The van der Waals surface area contributed by atoms with Gasteiger partial charge in [-0.25, -0.2) is 4.98 Å². The molecule has 6 nitrogen and oxygen atoms in total. The van der Waals surface area contributed by atoms with Crippen LogP contribution in [0.4, 0.5) is 0 Å². The van der Waals surface area contributed by atoms with Crippen LogP contribution in [-0.4, -0.2) is 45.7 Å². The molecule has 2 atom stereocenters. The highest BCUT2D eigenvalue weighted by Crippen LogP contribution is 2.29. The molecule has 0 radical (unpaired) electrons. The van der Waals surface area contributed by atoms with Crippen molar-refractivity contribution in [2.75, 3.05) is 20.1 Å². The summed E-state index contributed by atoms with van der Waals surface area (Å²) in [6.45, 7) is 4.16. The molecule has 3 rings (SSSR count). The lowest BCUT2D eigenvalue weighted by Crippen LogP contribution is -2.35. The highest BCUT2D eigenvalue weighted by molar-refractivity contribution is 7.11. The fourth-order valence-corrected chi connectivity index (χ4v) is 3.84. The SMILES string of the molecule is Cc1ncc(CN(C)C(=O)[C@H]2CNC[C@@H]2c2cnn(C)c2)s1. The Balaban J connectivity index is 1.70. The van der Waals surface area contributed by atoms with Crippen molar-refractivity contribution in [1.82, 2.24) is 25.0 Å². The topological polar surface area (TPSA) is 63.1 Å². The molecule has 1 N–H and O–H groups in total. The van der Waals surface area contributed by atoms with Gasteiger partial charge in [-0.3, -0.25) is 9.48 Å². The third-order valence-electron chi connectivity index (χ3n) is 4.12. The fourth-order valence-electron chi connectivity index (χ4n) is 2.99. The number of nitrogens with zero attached hydrogens (tertiary/aromatic N) is 4. The van der Waals surface area contributed by atoms with Crippen molar-refractivity contribution >= 4 is 17.2 Å². The third kappa shape index (κ3) is 3.05. The Morgan fingerprint density at radius 1 is 1.50 bits per heavy atom. The molecule has 0 saturated carbocycles. The maximum absolute atomic E-state index is 12.8. The van der Waals surface area contributed by atoms with Crippen LogP contribution in [-0.2, 0) is 18.4 Å². The second-order valence-electron chi connectivity index (χ2n) is 5.86. The van der Waals surface area contributed by atoms with E-state index in [0.29, 0.717) is 6.54 Å². The van der Waals surface area contributed by atoms with Crippen LogP contribution in [0, 0.1) is 12.8 Å². The number of aryl methyl sites for hydroxylation is 2. The van der Waals surface area contributed by atoms with Crippen LogP contribution in [0.1, 0.15) is 21.4 Å². The maximum Gasteiger partial charge on any atom is 0.227 e. The van der Waals surface area contributed by atoms with Crippen molar-refractivity contribution in [3.8, 4) is 0 Å². The summed E-state index contributed by atoms with van der Waals surface area (Å²) in [6.07, 6.45) is 5.73. The molecular formula is C15H21N5OS. The van der Waals surface area contributed by atoms with Gasteiger partial charge in [0.15, 0.2) is 0 Å². The van der Waals surface area contributed by atoms with E-state index in [1.807, 2.05) is 44.5 Å². The molecule has 0 spiro atoms. The Morgan fingerprint density at radius 3 is 2.95 bits per heavy atom. The summed E-state index contributed by atoms with van der Waals surface area (Å²) in [4.78, 5) is 20.0. The van der Waals surface area contributed by atoms with Crippen LogP contribution in [0.3, 0.4) is 0 Å². The minimum absolute atomic E-state index is 0.0248. The second kappa shape index (κ2) is 6.18. The molecule has 22 heavy (non-hydrogen) atoms. The largest absolute Gasteiger partial charge is 0.340 e. The molecule has 1 aliphatic rings. The van der Waals surface area contributed by atoms with Crippen molar-refractivity contribution in [3.63, 3.8) is 0 Å². The van der Waals surface area contributed by atoms with Gasteiger partial charge in [-0.2, -0.15) is 5.10 Å². The van der Waals surface area contributed by atoms with Crippen LogP contribution < -0.4 is 5.32 Å². The summed E-state index contributed by atoms with van der Waals surface area (Å²) < 4.78 is 1.79. The van der Waals surface area contributed by atoms with Gasteiger partial charge in [-0.05, 0) is 12.5 Å². The van der Waals surface area contributed by atoms with E-state index in [1.54, 1.807) is 16.0 Å². The van der Waals surface area contributed by atoms with Gasteiger partial charge in [0.05, 0.1) is 23.7 Å². The Kier molecular flexibility index (Phi) is 4.26. The number of amides is 1. The smallest absolute Gasteiger partial charge is 0.227 e. The number of carbonyl (C=O) groups excluding carboxylic acids is 1. The quantitative estimate of drug-likeness (QED) is 0.918. The number of aromatic nitrogens is 3. The van der Waals surface area contributed by atoms with Gasteiger partial charge >= 0.3 is 0 Å². The monoisotopic (exact) mass is 319 g/mol. The van der Waals surface area contributed by atoms with Crippen molar-refractivity contribution in [2.45, 2.75) is 19.4 Å². The predicted octanol–water partition coefficient (Wildman–Crippen LogP) is 1.15. The fraction of sp³-hybridized carbons (Fsp3) is 0.533. The van der Waals surface area contributed by atoms with Crippen molar-refractivity contribution in [2.24, 2.45) is 13.0 Å². The number of rotatable bonds is 4. The van der Waals surface area contributed by atoms with E-state index < -0.39 is 0 Å². The lowest BCUT2D eigenvalue weighted by atomic mass is 9.90. The number of carbonyl (C=O) groups is 1. The van der Waals surface area contributed by atoms with Crippen LogP contribution >= 0.6 is 11.3 Å². The minimum Gasteiger partial charge on any atom is -0.340 e. The number of hydrogen-bond acceptors (Lipinski definition) is 5. The van der Waals surface area contributed by atoms with Crippen LogP contribution in [0.15, 0.2) is 18.6 Å². The summed E-state index contributed by atoms with van der Waals surface area (Å²) in [5.74, 6) is 0.361. The molecule has 1 saturated heterocycles. The molecule has 7 heteroatoms. The lowest BCUT2D eigenvalue weighted by Gasteiger charge is -2.23. The van der Waals surface area contributed by atoms with Crippen LogP contribution in [0.2, 0.25) is 0 Å². The Morgan fingerprint density at radius 2 is 2.32 bits per heavy atom. The van der Waals surface area contributed by atoms with Gasteiger partial charge in [-0.15, -0.1) is 11.3 Å². The average molecular weight is 319 g/mol. The molecule has 2 aromatic rings. The Labute approximate surface area is 134 Å². The average Bonchev–Trinajstić information content (AvgIpc) is 3.18. The predicted molar refractivity (Wildman–Crippen MR) is 85.6 cm³/mol. The summed E-state index contributed by atoms with van der Waals surface area (Å²) in [5, 5.41) is 8.60. The molecular weight excluding hydrogens is 298 g/mol. The zero-order chi connectivity index (χ0) is 15.7. The van der Waals surface area contributed by atoms with E-state index in [1.165, 1.54) is 0 Å². The molecule has 1 amide bonds. The molecule has 2 aromatic heterocycles. The van der Waals surface area contributed by atoms with Gasteiger partial charge in [0, 0.05) is 50.4 Å². The second-order valence-corrected chi connectivity index (χ2v) is 7.18. The summed E-state index contributed by atoms with van der Waals surface area (Å²) in [6, 6.07) is 0. The van der Waals surface area contributed by atoms with Gasteiger partial charge in [0.2, 0.25) is 5.91 Å². The van der Waals surface area contributed by atoms with Gasteiger partial charge in [0.25, 0.3) is 0 Å². The van der Waals surface area contributed by atoms with E-state index in [0.717, 1.165) is 28.5 Å². The van der Waals surface area contributed by atoms with Gasteiger partial charge in [0.1, 0.15) is 0 Å². The lowest BCUT2D eigenvalue weighted by molar-refractivity contribution is -0.134. The van der Waals surface area contributed by atoms with E-state index in [-0.39, 0.29) is 17.7 Å². The standard InChI is InChI=1S/C15H21N5OS/c1-10-17-5-12(22-10)9-19(2)15(21)14-7-16-6-13(14)11-4-18-20(3)8-11/h4-5,8,13-14,16H,6-7,9H2,1-3H3/t13-,14+/m1/s1. The zero-order valence-corrected chi connectivity index (χ0v) is 13.9. The Bertz CT molecular complexity index is 664. The maximum atomic E-state index is 12.8. The van der Waals surface area contributed by atoms with Gasteiger partial charge < -0.3 is 10.2 Å². The molecule has 0 bridgehead atoms.